The predicted molar refractivity (Wildman–Crippen MR) is 89.9 cm³/mol. The molecule has 0 radical (unpaired) electrons. The Labute approximate surface area is 142 Å². The number of hydrogen-bond donors (Lipinski definition) is 0. The van der Waals surface area contributed by atoms with E-state index in [4.69, 9.17) is 14.2 Å². The van der Waals surface area contributed by atoms with Crippen LogP contribution in [0.15, 0.2) is 36.4 Å². The summed E-state index contributed by atoms with van der Waals surface area (Å²) >= 11 is 0. The highest BCUT2D eigenvalue weighted by Crippen LogP contribution is 2.28. The SMILES string of the molecule is CC=CC(=O)O[C@H]1CC[C@H](C(=O)Oc2ccc(OCC)cc2)CC1. The molecule has 0 aromatic heterocycles. The summed E-state index contributed by atoms with van der Waals surface area (Å²) in [4.78, 5) is 23.7. The Bertz CT molecular complexity index is 568. The summed E-state index contributed by atoms with van der Waals surface area (Å²) in [6.07, 6.45) is 5.67. The number of esters is 2. The molecule has 2 rings (SSSR count). The molecular formula is C19H24O5. The molecule has 1 aliphatic carbocycles. The fourth-order valence-corrected chi connectivity index (χ4v) is 2.73. The van der Waals surface area contributed by atoms with Crippen molar-refractivity contribution in [1.29, 1.82) is 0 Å². The van der Waals surface area contributed by atoms with Crippen LogP contribution in [0.1, 0.15) is 39.5 Å². The molecule has 24 heavy (non-hydrogen) atoms. The van der Waals surface area contributed by atoms with Crippen molar-refractivity contribution in [2.24, 2.45) is 5.92 Å². The number of carbonyl (C=O) groups is 2. The lowest BCUT2D eigenvalue weighted by Crippen LogP contribution is -2.29. The van der Waals surface area contributed by atoms with Gasteiger partial charge in [0.2, 0.25) is 0 Å². The largest absolute Gasteiger partial charge is 0.494 e. The molecule has 0 heterocycles. The normalized spacial score (nSPS) is 20.6. The van der Waals surface area contributed by atoms with Gasteiger partial charge in [0.1, 0.15) is 17.6 Å². The van der Waals surface area contributed by atoms with Crippen molar-refractivity contribution >= 4 is 11.9 Å². The van der Waals surface area contributed by atoms with E-state index in [-0.39, 0.29) is 24.0 Å². The lowest BCUT2D eigenvalue weighted by molar-refractivity contribution is -0.147. The first kappa shape index (κ1) is 18.0. The number of rotatable bonds is 6. The van der Waals surface area contributed by atoms with Gasteiger partial charge in [-0.1, -0.05) is 6.08 Å². The van der Waals surface area contributed by atoms with E-state index in [0.717, 1.165) is 5.75 Å². The summed E-state index contributed by atoms with van der Waals surface area (Å²) in [5.74, 6) is 0.578. The van der Waals surface area contributed by atoms with E-state index in [0.29, 0.717) is 38.0 Å². The molecule has 130 valence electrons. The van der Waals surface area contributed by atoms with Gasteiger partial charge in [-0.25, -0.2) is 4.79 Å². The van der Waals surface area contributed by atoms with Crippen LogP contribution in [0.5, 0.6) is 11.5 Å². The number of benzene rings is 1. The van der Waals surface area contributed by atoms with Crippen LogP contribution in [0.2, 0.25) is 0 Å². The van der Waals surface area contributed by atoms with Gasteiger partial charge < -0.3 is 14.2 Å². The van der Waals surface area contributed by atoms with Crippen LogP contribution in [0, 0.1) is 5.92 Å². The molecule has 0 N–H and O–H groups in total. The van der Waals surface area contributed by atoms with E-state index in [2.05, 4.69) is 0 Å². The highest BCUT2D eigenvalue weighted by atomic mass is 16.5. The average Bonchev–Trinajstić information content (AvgIpc) is 2.57. The second-order valence-corrected chi connectivity index (χ2v) is 5.74. The zero-order valence-electron chi connectivity index (χ0n) is 14.2. The quantitative estimate of drug-likeness (QED) is 0.452. The van der Waals surface area contributed by atoms with E-state index in [9.17, 15) is 9.59 Å². The molecule has 0 unspecified atom stereocenters. The minimum absolute atomic E-state index is 0.108. The maximum atomic E-state index is 12.2. The third-order valence-electron chi connectivity index (χ3n) is 3.95. The number of ether oxygens (including phenoxy) is 3. The molecule has 1 saturated carbocycles. The number of carbonyl (C=O) groups excluding carboxylic acids is 2. The first-order chi connectivity index (χ1) is 11.6. The van der Waals surface area contributed by atoms with Gasteiger partial charge in [0, 0.05) is 6.08 Å². The van der Waals surface area contributed by atoms with Gasteiger partial charge in [0.25, 0.3) is 0 Å². The molecule has 0 bridgehead atoms. The summed E-state index contributed by atoms with van der Waals surface area (Å²) in [5.41, 5.74) is 0. The molecule has 1 fully saturated rings. The third-order valence-corrected chi connectivity index (χ3v) is 3.95. The first-order valence-electron chi connectivity index (χ1n) is 8.40. The van der Waals surface area contributed by atoms with E-state index in [1.54, 1.807) is 37.3 Å². The summed E-state index contributed by atoms with van der Waals surface area (Å²) < 4.78 is 16.1. The Hall–Kier alpha value is -2.30. The fourth-order valence-electron chi connectivity index (χ4n) is 2.73. The van der Waals surface area contributed by atoms with Crippen molar-refractivity contribution in [3.63, 3.8) is 0 Å². The molecule has 5 nitrogen and oxygen atoms in total. The lowest BCUT2D eigenvalue weighted by atomic mass is 9.87. The monoisotopic (exact) mass is 332 g/mol. The van der Waals surface area contributed by atoms with Gasteiger partial charge in [0.15, 0.2) is 0 Å². The summed E-state index contributed by atoms with van der Waals surface area (Å²) in [6.45, 7) is 4.29. The molecule has 1 aromatic rings. The van der Waals surface area contributed by atoms with Crippen LogP contribution in [0.3, 0.4) is 0 Å². The van der Waals surface area contributed by atoms with Crippen molar-refractivity contribution < 1.29 is 23.8 Å². The average molecular weight is 332 g/mol. The maximum Gasteiger partial charge on any atom is 0.330 e. The van der Waals surface area contributed by atoms with Crippen LogP contribution < -0.4 is 9.47 Å². The molecule has 0 amide bonds. The first-order valence-corrected chi connectivity index (χ1v) is 8.40. The molecule has 1 aromatic carbocycles. The van der Waals surface area contributed by atoms with Crippen LogP contribution >= 0.6 is 0 Å². The standard InChI is InChI=1S/C19H24O5/c1-3-5-18(20)23-16-8-6-14(7-9-16)19(21)24-17-12-10-15(11-13-17)22-4-2/h3,5,10-14,16H,4,6-9H2,1-2H3/t14-,16-. The Balaban J connectivity index is 1.79. The van der Waals surface area contributed by atoms with Crippen LogP contribution in [0.25, 0.3) is 0 Å². The summed E-state index contributed by atoms with van der Waals surface area (Å²) in [6, 6.07) is 7.02. The van der Waals surface area contributed by atoms with Crippen molar-refractivity contribution in [3.8, 4) is 11.5 Å². The molecular weight excluding hydrogens is 308 g/mol. The zero-order chi connectivity index (χ0) is 17.4. The minimum atomic E-state index is -0.321. The Morgan fingerprint density at radius 3 is 2.29 bits per heavy atom. The van der Waals surface area contributed by atoms with Crippen LogP contribution in [0.4, 0.5) is 0 Å². The van der Waals surface area contributed by atoms with E-state index < -0.39 is 0 Å². The fraction of sp³-hybridized carbons (Fsp3) is 0.474. The second-order valence-electron chi connectivity index (χ2n) is 5.74. The Kier molecular flexibility index (Phi) is 6.85. The topological polar surface area (TPSA) is 61.8 Å². The Morgan fingerprint density at radius 2 is 1.71 bits per heavy atom. The molecule has 0 saturated heterocycles. The predicted octanol–water partition coefficient (Wildman–Crippen LogP) is 3.67. The number of allylic oxidation sites excluding steroid dienone is 1. The van der Waals surface area contributed by atoms with Crippen molar-refractivity contribution in [2.75, 3.05) is 6.61 Å². The van der Waals surface area contributed by atoms with Gasteiger partial charge in [-0.3, -0.25) is 4.79 Å². The van der Waals surface area contributed by atoms with Crippen LogP contribution in [-0.2, 0) is 14.3 Å². The van der Waals surface area contributed by atoms with Gasteiger partial charge in [-0.2, -0.15) is 0 Å². The van der Waals surface area contributed by atoms with Crippen molar-refractivity contribution in [1.82, 2.24) is 0 Å². The zero-order valence-corrected chi connectivity index (χ0v) is 14.2. The maximum absolute atomic E-state index is 12.2. The van der Waals surface area contributed by atoms with Gasteiger partial charge in [-0.15, -0.1) is 0 Å². The second kappa shape index (κ2) is 9.11. The molecule has 0 spiro atoms. The van der Waals surface area contributed by atoms with Crippen molar-refractivity contribution in [2.45, 2.75) is 45.6 Å². The van der Waals surface area contributed by atoms with E-state index in [1.165, 1.54) is 6.08 Å². The molecule has 0 aliphatic heterocycles. The van der Waals surface area contributed by atoms with Gasteiger partial charge in [0.05, 0.1) is 12.5 Å². The highest BCUT2D eigenvalue weighted by Gasteiger charge is 2.29. The lowest BCUT2D eigenvalue weighted by Gasteiger charge is -2.26. The van der Waals surface area contributed by atoms with Gasteiger partial charge in [-0.05, 0) is 63.8 Å². The number of hydrogen-bond acceptors (Lipinski definition) is 5. The molecule has 0 atom stereocenters. The minimum Gasteiger partial charge on any atom is -0.494 e. The molecule has 5 heteroatoms. The highest BCUT2D eigenvalue weighted by molar-refractivity contribution is 5.82. The smallest absolute Gasteiger partial charge is 0.330 e. The molecule has 1 aliphatic rings. The van der Waals surface area contributed by atoms with Gasteiger partial charge >= 0.3 is 11.9 Å². The van der Waals surface area contributed by atoms with E-state index in [1.807, 2.05) is 6.92 Å². The van der Waals surface area contributed by atoms with Crippen LogP contribution in [-0.4, -0.2) is 24.6 Å². The van der Waals surface area contributed by atoms with Crippen molar-refractivity contribution in [3.05, 3.63) is 36.4 Å². The summed E-state index contributed by atoms with van der Waals surface area (Å²) in [5, 5.41) is 0. The van der Waals surface area contributed by atoms with E-state index >= 15 is 0 Å². The Morgan fingerprint density at radius 1 is 1.08 bits per heavy atom. The third kappa shape index (κ3) is 5.41. The summed E-state index contributed by atoms with van der Waals surface area (Å²) in [7, 11) is 0.